The maximum atomic E-state index is 13.2. The number of amides is 1. The second-order valence-electron chi connectivity index (χ2n) is 6.68. The van der Waals surface area contributed by atoms with Gasteiger partial charge < -0.3 is 14.4 Å². The molecular weight excluding hydrogens is 344 g/mol. The monoisotopic (exact) mass is 366 g/mol. The summed E-state index contributed by atoms with van der Waals surface area (Å²) >= 11 is 0. The van der Waals surface area contributed by atoms with E-state index in [0.29, 0.717) is 30.3 Å². The third kappa shape index (κ3) is 2.99. The van der Waals surface area contributed by atoms with Gasteiger partial charge in [0.2, 0.25) is 5.78 Å². The number of imidazole rings is 1. The number of aromatic nitrogens is 3. The number of fused-ring (bicyclic) bond motifs is 1. The van der Waals surface area contributed by atoms with Crippen molar-refractivity contribution in [1.82, 2.24) is 19.3 Å². The average molecular weight is 366 g/mol. The Bertz CT molecular complexity index is 998. The van der Waals surface area contributed by atoms with Crippen LogP contribution in [0.3, 0.4) is 0 Å². The van der Waals surface area contributed by atoms with E-state index in [1.807, 2.05) is 36.2 Å². The van der Waals surface area contributed by atoms with Crippen molar-refractivity contribution in [2.75, 3.05) is 27.3 Å². The third-order valence-corrected chi connectivity index (χ3v) is 5.13. The molecule has 1 aromatic carbocycles. The molecule has 0 radical (unpaired) electrons. The minimum Gasteiger partial charge on any atom is -0.497 e. The molecule has 0 spiro atoms. The first-order valence-corrected chi connectivity index (χ1v) is 8.93. The lowest BCUT2D eigenvalue weighted by Gasteiger charge is -2.18. The first kappa shape index (κ1) is 17.3. The highest BCUT2D eigenvalue weighted by molar-refractivity contribution is 5.94. The van der Waals surface area contributed by atoms with Gasteiger partial charge in [-0.2, -0.15) is 0 Å². The number of rotatable bonds is 4. The first-order chi connectivity index (χ1) is 13.1. The molecule has 140 valence electrons. The maximum Gasteiger partial charge on any atom is 0.272 e. The molecule has 0 aliphatic carbocycles. The number of hydrogen-bond donors (Lipinski definition) is 0. The lowest BCUT2D eigenvalue weighted by Crippen LogP contribution is -2.30. The van der Waals surface area contributed by atoms with Crippen LogP contribution in [0.25, 0.3) is 5.78 Å². The molecule has 3 aromatic rings. The lowest BCUT2D eigenvalue weighted by molar-refractivity contribution is 0.0783. The maximum absolute atomic E-state index is 13.2. The van der Waals surface area contributed by atoms with Crippen LogP contribution in [0.4, 0.5) is 0 Å². The Morgan fingerprint density at radius 1 is 1.26 bits per heavy atom. The van der Waals surface area contributed by atoms with Crippen LogP contribution < -0.4 is 9.47 Å². The Labute approximate surface area is 157 Å². The molecule has 1 atom stereocenters. The molecule has 7 heteroatoms. The normalized spacial score (nSPS) is 16.7. The second-order valence-corrected chi connectivity index (χ2v) is 6.68. The summed E-state index contributed by atoms with van der Waals surface area (Å²) in [4.78, 5) is 23.7. The number of likely N-dealkylation sites (tertiary alicyclic amines) is 1. The zero-order valence-electron chi connectivity index (χ0n) is 15.7. The summed E-state index contributed by atoms with van der Waals surface area (Å²) in [5.41, 5.74) is 2.35. The van der Waals surface area contributed by atoms with Crippen LogP contribution in [-0.2, 0) is 0 Å². The molecule has 1 aliphatic rings. The Kier molecular flexibility index (Phi) is 4.43. The number of ether oxygens (including phenoxy) is 2. The van der Waals surface area contributed by atoms with Crippen molar-refractivity contribution in [1.29, 1.82) is 0 Å². The molecule has 1 fully saturated rings. The fourth-order valence-electron chi connectivity index (χ4n) is 3.76. The molecule has 1 saturated heterocycles. The molecule has 3 heterocycles. The molecule has 2 aromatic heterocycles. The quantitative estimate of drug-likeness (QED) is 0.710. The van der Waals surface area contributed by atoms with Crippen LogP contribution in [0.5, 0.6) is 11.5 Å². The second kappa shape index (κ2) is 6.90. The molecule has 0 saturated carbocycles. The summed E-state index contributed by atoms with van der Waals surface area (Å²) in [5, 5.41) is 0. The van der Waals surface area contributed by atoms with Gasteiger partial charge in [0.1, 0.15) is 17.2 Å². The smallest absolute Gasteiger partial charge is 0.272 e. The summed E-state index contributed by atoms with van der Waals surface area (Å²) in [5.74, 6) is 2.35. The predicted molar refractivity (Wildman–Crippen MR) is 101 cm³/mol. The van der Waals surface area contributed by atoms with Gasteiger partial charge in [-0.1, -0.05) is 0 Å². The molecule has 27 heavy (non-hydrogen) atoms. The number of aryl methyl sites for hydroxylation is 1. The standard InChI is InChI=1S/C20H22N4O3/c1-13-18(24-9-4-8-21-20(24)22-13)19(25)23-10-7-14(12-23)16-11-15(26-2)5-6-17(16)27-3/h4-6,8-9,11,14H,7,10,12H2,1-3H3. The van der Waals surface area contributed by atoms with E-state index in [4.69, 9.17) is 9.47 Å². The van der Waals surface area contributed by atoms with Crippen LogP contribution in [0.2, 0.25) is 0 Å². The van der Waals surface area contributed by atoms with E-state index in [2.05, 4.69) is 9.97 Å². The van der Waals surface area contributed by atoms with Gasteiger partial charge in [0, 0.05) is 37.0 Å². The van der Waals surface area contributed by atoms with Crippen LogP contribution in [-0.4, -0.2) is 52.5 Å². The molecule has 1 aliphatic heterocycles. The lowest BCUT2D eigenvalue weighted by atomic mass is 9.97. The molecule has 1 unspecified atom stereocenters. The topological polar surface area (TPSA) is 69.0 Å². The number of hydrogen-bond acceptors (Lipinski definition) is 5. The first-order valence-electron chi connectivity index (χ1n) is 8.93. The zero-order valence-corrected chi connectivity index (χ0v) is 15.7. The van der Waals surface area contributed by atoms with Gasteiger partial charge in [-0.25, -0.2) is 9.97 Å². The Hall–Kier alpha value is -3.09. The number of benzene rings is 1. The predicted octanol–water partition coefficient (Wildman–Crippen LogP) is 2.68. The fourth-order valence-corrected chi connectivity index (χ4v) is 3.76. The molecule has 1 amide bonds. The van der Waals surface area contributed by atoms with Crippen molar-refractivity contribution in [3.8, 4) is 11.5 Å². The summed E-state index contributed by atoms with van der Waals surface area (Å²) in [7, 11) is 3.32. The molecule has 0 bridgehead atoms. The van der Waals surface area contributed by atoms with E-state index < -0.39 is 0 Å². The fraction of sp³-hybridized carbons (Fsp3) is 0.350. The van der Waals surface area contributed by atoms with Gasteiger partial charge in [-0.3, -0.25) is 9.20 Å². The molecular formula is C20H22N4O3. The molecule has 0 N–H and O–H groups in total. The van der Waals surface area contributed by atoms with Crippen molar-refractivity contribution in [3.05, 3.63) is 53.6 Å². The van der Waals surface area contributed by atoms with Crippen LogP contribution >= 0.6 is 0 Å². The highest BCUT2D eigenvalue weighted by Crippen LogP contribution is 2.36. The Balaban J connectivity index is 1.61. The van der Waals surface area contributed by atoms with Gasteiger partial charge in [0.15, 0.2) is 0 Å². The van der Waals surface area contributed by atoms with E-state index in [-0.39, 0.29) is 11.8 Å². The summed E-state index contributed by atoms with van der Waals surface area (Å²) in [6, 6.07) is 7.60. The van der Waals surface area contributed by atoms with Gasteiger partial charge in [0.25, 0.3) is 5.91 Å². The summed E-state index contributed by atoms with van der Waals surface area (Å²) in [6.45, 7) is 3.17. The van der Waals surface area contributed by atoms with Crippen molar-refractivity contribution >= 4 is 11.7 Å². The average Bonchev–Trinajstić information content (AvgIpc) is 3.31. The van der Waals surface area contributed by atoms with Gasteiger partial charge in [0.05, 0.1) is 19.9 Å². The van der Waals surface area contributed by atoms with Crippen LogP contribution in [0.15, 0.2) is 36.7 Å². The molecule has 7 nitrogen and oxygen atoms in total. The zero-order chi connectivity index (χ0) is 19.0. The van der Waals surface area contributed by atoms with E-state index in [0.717, 1.165) is 23.5 Å². The minimum absolute atomic E-state index is 0.0163. The van der Waals surface area contributed by atoms with Crippen molar-refractivity contribution < 1.29 is 14.3 Å². The Morgan fingerprint density at radius 2 is 2.11 bits per heavy atom. The minimum atomic E-state index is -0.0163. The Morgan fingerprint density at radius 3 is 2.89 bits per heavy atom. The van der Waals surface area contributed by atoms with Gasteiger partial charge >= 0.3 is 0 Å². The van der Waals surface area contributed by atoms with E-state index in [1.165, 1.54) is 0 Å². The largest absolute Gasteiger partial charge is 0.497 e. The van der Waals surface area contributed by atoms with Crippen LogP contribution in [0.1, 0.15) is 34.1 Å². The third-order valence-electron chi connectivity index (χ3n) is 5.13. The van der Waals surface area contributed by atoms with Crippen molar-refractivity contribution in [2.45, 2.75) is 19.3 Å². The number of nitrogens with zero attached hydrogens (tertiary/aromatic N) is 4. The van der Waals surface area contributed by atoms with Crippen molar-refractivity contribution in [2.24, 2.45) is 0 Å². The SMILES string of the molecule is COc1ccc(OC)c(C2CCN(C(=O)c3c(C)nc4ncccn34)C2)c1. The number of carbonyl (C=O) groups is 1. The summed E-state index contributed by atoms with van der Waals surface area (Å²) in [6.07, 6.45) is 4.38. The van der Waals surface area contributed by atoms with E-state index >= 15 is 0 Å². The van der Waals surface area contributed by atoms with E-state index in [9.17, 15) is 4.79 Å². The number of methoxy groups -OCH3 is 2. The van der Waals surface area contributed by atoms with E-state index in [1.54, 1.807) is 30.9 Å². The van der Waals surface area contributed by atoms with Gasteiger partial charge in [-0.15, -0.1) is 0 Å². The van der Waals surface area contributed by atoms with Crippen molar-refractivity contribution in [3.63, 3.8) is 0 Å². The highest BCUT2D eigenvalue weighted by Gasteiger charge is 2.32. The van der Waals surface area contributed by atoms with Crippen LogP contribution in [0, 0.1) is 6.92 Å². The summed E-state index contributed by atoms with van der Waals surface area (Å²) < 4.78 is 12.6. The highest BCUT2D eigenvalue weighted by atomic mass is 16.5. The number of carbonyl (C=O) groups excluding carboxylic acids is 1. The molecule has 4 rings (SSSR count). The van der Waals surface area contributed by atoms with Gasteiger partial charge in [-0.05, 0) is 37.6 Å².